The molecule has 3 aliphatic rings. The highest BCUT2D eigenvalue weighted by atomic mass is 16.2. The molecule has 2 amide bonds. The molecule has 5 heteroatoms. The highest BCUT2D eigenvalue weighted by Crippen LogP contribution is 2.53. The Morgan fingerprint density at radius 2 is 1.92 bits per heavy atom. The second kappa shape index (κ2) is 6.13. The van der Waals surface area contributed by atoms with Gasteiger partial charge in [-0.2, -0.15) is 0 Å². The van der Waals surface area contributed by atoms with Crippen molar-refractivity contribution in [1.29, 1.82) is 0 Å². The van der Waals surface area contributed by atoms with Gasteiger partial charge in [-0.25, -0.2) is 0 Å². The van der Waals surface area contributed by atoms with Gasteiger partial charge in [0.2, 0.25) is 5.91 Å². The Morgan fingerprint density at radius 1 is 1.20 bits per heavy atom. The number of benzene rings is 1. The van der Waals surface area contributed by atoms with E-state index in [4.69, 9.17) is 0 Å². The number of piperidine rings is 1. The molecular formula is C20H27N3O2. The second-order valence-corrected chi connectivity index (χ2v) is 8.12. The minimum Gasteiger partial charge on any atom is -0.343 e. The van der Waals surface area contributed by atoms with E-state index < -0.39 is 0 Å². The van der Waals surface area contributed by atoms with Crippen LogP contribution < -0.4 is 5.32 Å². The van der Waals surface area contributed by atoms with Gasteiger partial charge in [0.1, 0.15) is 0 Å². The van der Waals surface area contributed by atoms with Gasteiger partial charge in [0.25, 0.3) is 5.91 Å². The number of nitrogens with one attached hydrogen (secondary N) is 1. The number of carbonyl (C=O) groups is 2. The maximum Gasteiger partial charge on any atom is 0.251 e. The predicted molar refractivity (Wildman–Crippen MR) is 96.2 cm³/mol. The highest BCUT2D eigenvalue weighted by Gasteiger charge is 2.59. The summed E-state index contributed by atoms with van der Waals surface area (Å²) in [5.74, 6) is -0.111. The molecule has 3 fully saturated rings. The van der Waals surface area contributed by atoms with Crippen LogP contribution in [-0.2, 0) is 4.79 Å². The number of rotatable bonds is 3. The van der Waals surface area contributed by atoms with Crippen LogP contribution in [0.2, 0.25) is 0 Å². The lowest BCUT2D eigenvalue weighted by atomic mass is 9.66. The van der Waals surface area contributed by atoms with Gasteiger partial charge in [0.15, 0.2) is 0 Å². The average molecular weight is 341 g/mol. The molecule has 0 aromatic heterocycles. The Bertz CT molecular complexity index is 677. The lowest BCUT2D eigenvalue weighted by Gasteiger charge is -2.48. The molecule has 134 valence electrons. The molecule has 0 spiro atoms. The van der Waals surface area contributed by atoms with E-state index in [9.17, 15) is 9.59 Å². The van der Waals surface area contributed by atoms with Gasteiger partial charge >= 0.3 is 0 Å². The lowest BCUT2D eigenvalue weighted by Crippen LogP contribution is -2.54. The van der Waals surface area contributed by atoms with Crippen molar-refractivity contribution < 1.29 is 9.59 Å². The molecule has 0 unspecified atom stereocenters. The summed E-state index contributed by atoms with van der Waals surface area (Å²) in [5, 5.41) is 2.81. The Labute approximate surface area is 149 Å². The van der Waals surface area contributed by atoms with Crippen LogP contribution in [0.5, 0.6) is 0 Å². The van der Waals surface area contributed by atoms with Crippen LogP contribution in [0.25, 0.3) is 0 Å². The van der Waals surface area contributed by atoms with E-state index in [-0.39, 0.29) is 29.8 Å². The van der Waals surface area contributed by atoms with Crippen molar-refractivity contribution in [2.24, 2.45) is 5.41 Å². The fourth-order valence-corrected chi connectivity index (χ4v) is 5.63. The predicted octanol–water partition coefficient (Wildman–Crippen LogP) is 1.89. The summed E-state index contributed by atoms with van der Waals surface area (Å²) in [6.45, 7) is 3.40. The monoisotopic (exact) mass is 341 g/mol. The van der Waals surface area contributed by atoms with Crippen LogP contribution >= 0.6 is 0 Å². The third kappa shape index (κ3) is 2.65. The molecule has 2 aliphatic heterocycles. The minimum atomic E-state index is -0.180. The van der Waals surface area contributed by atoms with Gasteiger partial charge in [0.05, 0.1) is 6.54 Å². The summed E-state index contributed by atoms with van der Waals surface area (Å²) in [6, 6.07) is 10.3. The smallest absolute Gasteiger partial charge is 0.251 e. The van der Waals surface area contributed by atoms with Crippen molar-refractivity contribution in [3.8, 4) is 0 Å². The van der Waals surface area contributed by atoms with Gasteiger partial charge in [-0.1, -0.05) is 25.1 Å². The zero-order valence-corrected chi connectivity index (χ0v) is 15.1. The maximum atomic E-state index is 13.0. The van der Waals surface area contributed by atoms with E-state index in [1.54, 1.807) is 12.1 Å². The van der Waals surface area contributed by atoms with Gasteiger partial charge < -0.3 is 15.1 Å². The van der Waals surface area contributed by atoms with Crippen molar-refractivity contribution >= 4 is 11.8 Å². The Hall–Kier alpha value is -1.88. The van der Waals surface area contributed by atoms with Crippen LogP contribution in [0, 0.1) is 5.41 Å². The molecule has 1 aliphatic carbocycles. The molecule has 2 saturated heterocycles. The third-order valence-electron chi connectivity index (χ3n) is 6.64. The van der Waals surface area contributed by atoms with Crippen LogP contribution in [0.15, 0.2) is 30.3 Å². The first-order valence-electron chi connectivity index (χ1n) is 9.35. The van der Waals surface area contributed by atoms with E-state index in [1.165, 1.54) is 12.8 Å². The molecule has 2 bridgehead atoms. The Balaban J connectivity index is 1.46. The van der Waals surface area contributed by atoms with E-state index in [0.29, 0.717) is 17.6 Å². The lowest BCUT2D eigenvalue weighted by molar-refractivity contribution is -0.133. The number of carbonyl (C=O) groups excluding carboxylic acids is 2. The van der Waals surface area contributed by atoms with E-state index >= 15 is 0 Å². The number of hydrogen-bond donors (Lipinski definition) is 1. The van der Waals surface area contributed by atoms with Crippen molar-refractivity contribution in [2.75, 3.05) is 20.1 Å². The van der Waals surface area contributed by atoms with Crippen LogP contribution in [0.1, 0.15) is 43.0 Å². The molecule has 1 saturated carbocycles. The number of fused-ring (bicyclic) bond motifs is 1. The zero-order chi connectivity index (χ0) is 17.6. The van der Waals surface area contributed by atoms with Crippen LogP contribution in [0.4, 0.5) is 0 Å². The Morgan fingerprint density at radius 3 is 2.68 bits per heavy atom. The molecule has 1 N–H and O–H groups in total. The molecular weight excluding hydrogens is 314 g/mol. The number of nitrogens with zero attached hydrogens (tertiary/aromatic N) is 2. The highest BCUT2D eigenvalue weighted by molar-refractivity contribution is 5.96. The fourth-order valence-electron chi connectivity index (χ4n) is 5.63. The second-order valence-electron chi connectivity index (χ2n) is 8.12. The van der Waals surface area contributed by atoms with E-state index in [2.05, 4.69) is 29.1 Å². The van der Waals surface area contributed by atoms with Crippen molar-refractivity contribution in [3.05, 3.63) is 35.9 Å². The largest absolute Gasteiger partial charge is 0.343 e. The molecule has 0 radical (unpaired) electrons. The molecule has 2 heterocycles. The van der Waals surface area contributed by atoms with Crippen molar-refractivity contribution in [3.63, 3.8) is 0 Å². The first-order chi connectivity index (χ1) is 12.0. The number of likely N-dealkylation sites (N-methyl/N-ethyl adjacent to an activating group) is 1. The molecule has 25 heavy (non-hydrogen) atoms. The topological polar surface area (TPSA) is 52.6 Å². The van der Waals surface area contributed by atoms with Crippen molar-refractivity contribution in [1.82, 2.24) is 15.1 Å². The van der Waals surface area contributed by atoms with Crippen LogP contribution in [-0.4, -0.2) is 59.9 Å². The van der Waals surface area contributed by atoms with E-state index in [1.807, 2.05) is 18.2 Å². The summed E-state index contributed by atoms with van der Waals surface area (Å²) in [4.78, 5) is 29.8. The first-order valence-corrected chi connectivity index (χ1v) is 9.35. The standard InChI is InChI=1S/C20H27N3O2/c1-20-11-15-13-22(2)16(20)9-6-10-17(20)23(15)18(24)12-21-19(25)14-7-4-3-5-8-14/h3-5,7-8,15-17H,6,9-13H2,1-2H3,(H,21,25)/t15-,16+,17-,20+/m0/s1. The maximum absolute atomic E-state index is 13.0. The van der Waals surface area contributed by atoms with Gasteiger partial charge in [-0.05, 0) is 44.9 Å². The summed E-state index contributed by atoms with van der Waals surface area (Å²) >= 11 is 0. The molecule has 4 rings (SSSR count). The summed E-state index contributed by atoms with van der Waals surface area (Å²) in [5.41, 5.74) is 0.801. The van der Waals surface area contributed by atoms with Gasteiger partial charge in [-0.3, -0.25) is 9.59 Å². The first kappa shape index (κ1) is 16.6. The summed E-state index contributed by atoms with van der Waals surface area (Å²) in [7, 11) is 2.20. The number of likely N-dealkylation sites (tertiary alicyclic amines) is 2. The molecule has 5 nitrogen and oxygen atoms in total. The fraction of sp³-hybridized carbons (Fsp3) is 0.600. The molecule has 1 aromatic rings. The SMILES string of the molecule is CN1C[C@@H]2C[C@@]3(C)[C@H](CCC[C@@H]13)N2C(=O)CNC(=O)c1ccccc1. The normalized spacial score (nSPS) is 34.0. The number of amides is 2. The van der Waals surface area contributed by atoms with Crippen LogP contribution in [0.3, 0.4) is 0 Å². The van der Waals surface area contributed by atoms with Crippen molar-refractivity contribution in [2.45, 2.75) is 50.7 Å². The quantitative estimate of drug-likeness (QED) is 0.913. The molecule has 1 aromatic carbocycles. The van der Waals surface area contributed by atoms with Gasteiger partial charge in [0, 0.05) is 35.6 Å². The minimum absolute atomic E-state index is 0.0685. The molecule has 4 atom stereocenters. The summed E-state index contributed by atoms with van der Waals surface area (Å²) in [6.07, 6.45) is 4.62. The summed E-state index contributed by atoms with van der Waals surface area (Å²) < 4.78 is 0. The average Bonchev–Trinajstić information content (AvgIpc) is 2.90. The van der Waals surface area contributed by atoms with Gasteiger partial charge in [-0.15, -0.1) is 0 Å². The number of hydrogen-bond acceptors (Lipinski definition) is 3. The Kier molecular flexibility index (Phi) is 4.07. The third-order valence-corrected chi connectivity index (χ3v) is 6.64. The van der Waals surface area contributed by atoms with E-state index in [0.717, 1.165) is 19.4 Å². The zero-order valence-electron chi connectivity index (χ0n) is 15.1.